The molecule has 2 rings (SSSR count). The van der Waals surface area contributed by atoms with Gasteiger partial charge >= 0.3 is 0 Å². The highest BCUT2D eigenvalue weighted by atomic mass is 32.1. The Kier molecular flexibility index (Phi) is 3.48. The number of amides is 1. The van der Waals surface area contributed by atoms with Crippen molar-refractivity contribution in [3.8, 4) is 0 Å². The highest BCUT2D eigenvalue weighted by Crippen LogP contribution is 2.26. The lowest BCUT2D eigenvalue weighted by Gasteiger charge is -2.14. The van der Waals surface area contributed by atoms with Crippen LogP contribution >= 0.6 is 11.3 Å². The third kappa shape index (κ3) is 3.25. The summed E-state index contributed by atoms with van der Waals surface area (Å²) in [5, 5.41) is 11.0. The molecule has 7 heteroatoms. The minimum absolute atomic E-state index is 0.0598. The van der Waals surface area contributed by atoms with Gasteiger partial charge in [-0.2, -0.15) is 5.10 Å². The maximum Gasteiger partial charge on any atom is 0.277 e. The molecule has 0 fully saturated rings. The minimum Gasteiger partial charge on any atom is -0.296 e. The predicted octanol–water partition coefficient (Wildman–Crippen LogP) is 1.78. The van der Waals surface area contributed by atoms with E-state index in [4.69, 9.17) is 0 Å². The second kappa shape index (κ2) is 4.93. The molecular formula is C12H14N4O2S. The van der Waals surface area contributed by atoms with Crippen molar-refractivity contribution < 1.29 is 4.79 Å². The van der Waals surface area contributed by atoms with Crippen LogP contribution in [0.25, 0.3) is 0 Å². The lowest BCUT2D eigenvalue weighted by Crippen LogP contribution is -2.18. The van der Waals surface area contributed by atoms with E-state index in [0.29, 0.717) is 5.13 Å². The molecule has 2 heterocycles. The average Bonchev–Trinajstić information content (AvgIpc) is 2.78. The van der Waals surface area contributed by atoms with Gasteiger partial charge in [0.15, 0.2) is 5.13 Å². The third-order valence-corrected chi connectivity index (χ3v) is 3.16. The van der Waals surface area contributed by atoms with E-state index in [0.717, 1.165) is 5.69 Å². The van der Waals surface area contributed by atoms with Gasteiger partial charge in [-0.3, -0.25) is 14.9 Å². The zero-order chi connectivity index (χ0) is 14.0. The van der Waals surface area contributed by atoms with Crippen molar-refractivity contribution in [3.05, 3.63) is 39.3 Å². The molecule has 0 saturated heterocycles. The van der Waals surface area contributed by atoms with Gasteiger partial charge in [0.05, 0.1) is 5.69 Å². The summed E-state index contributed by atoms with van der Waals surface area (Å²) in [6.07, 6.45) is 0. The lowest BCUT2D eigenvalue weighted by atomic mass is 9.93. The van der Waals surface area contributed by atoms with E-state index in [9.17, 15) is 9.59 Å². The fourth-order valence-electron chi connectivity index (χ4n) is 1.31. The number of rotatable bonds is 2. The molecular weight excluding hydrogens is 264 g/mol. The van der Waals surface area contributed by atoms with E-state index in [-0.39, 0.29) is 16.7 Å². The molecule has 6 nitrogen and oxygen atoms in total. The van der Waals surface area contributed by atoms with E-state index in [2.05, 4.69) is 41.3 Å². The zero-order valence-electron chi connectivity index (χ0n) is 10.9. The van der Waals surface area contributed by atoms with E-state index >= 15 is 0 Å². The molecule has 0 spiro atoms. The van der Waals surface area contributed by atoms with Crippen LogP contribution in [0.3, 0.4) is 0 Å². The molecule has 0 aliphatic heterocycles. The Morgan fingerprint density at radius 2 is 2.11 bits per heavy atom. The SMILES string of the molecule is CC(C)(C)c1csc(NC(=O)c2ccc(=O)[nH]n2)n1. The number of thiazole rings is 1. The first-order valence-electron chi connectivity index (χ1n) is 5.69. The van der Waals surface area contributed by atoms with Gasteiger partial charge in [0, 0.05) is 16.9 Å². The van der Waals surface area contributed by atoms with Crippen molar-refractivity contribution in [1.29, 1.82) is 0 Å². The number of aromatic amines is 1. The van der Waals surface area contributed by atoms with E-state index in [1.54, 1.807) is 0 Å². The standard InChI is InChI=1S/C12H14N4O2S/c1-12(2,3)8-6-19-11(13-8)14-10(18)7-4-5-9(17)16-15-7/h4-6H,1-3H3,(H,16,17)(H,13,14,18). The predicted molar refractivity (Wildman–Crippen MR) is 73.6 cm³/mol. The second-order valence-electron chi connectivity index (χ2n) is 5.05. The Bertz CT molecular complexity index is 634. The minimum atomic E-state index is -0.397. The summed E-state index contributed by atoms with van der Waals surface area (Å²) in [5.74, 6) is -0.397. The van der Waals surface area contributed by atoms with Crippen LogP contribution in [0.2, 0.25) is 0 Å². The Morgan fingerprint density at radius 1 is 1.37 bits per heavy atom. The Morgan fingerprint density at radius 3 is 2.63 bits per heavy atom. The molecule has 0 saturated carbocycles. The Hall–Kier alpha value is -2.02. The van der Waals surface area contributed by atoms with Gasteiger partial charge in [-0.1, -0.05) is 20.8 Å². The van der Waals surface area contributed by atoms with Crippen LogP contribution in [0.1, 0.15) is 37.0 Å². The number of carbonyl (C=O) groups excluding carboxylic acids is 1. The second-order valence-corrected chi connectivity index (χ2v) is 5.91. The van der Waals surface area contributed by atoms with Gasteiger partial charge in [0.1, 0.15) is 5.69 Å². The zero-order valence-corrected chi connectivity index (χ0v) is 11.7. The third-order valence-electron chi connectivity index (χ3n) is 2.40. The number of carbonyl (C=O) groups is 1. The van der Waals surface area contributed by atoms with Gasteiger partial charge in [0.25, 0.3) is 11.5 Å². The number of nitrogens with one attached hydrogen (secondary N) is 2. The molecule has 19 heavy (non-hydrogen) atoms. The topological polar surface area (TPSA) is 87.7 Å². The molecule has 0 aliphatic carbocycles. The van der Waals surface area contributed by atoms with E-state index in [1.165, 1.54) is 23.5 Å². The van der Waals surface area contributed by atoms with Crippen molar-refractivity contribution in [2.75, 3.05) is 5.32 Å². The molecule has 2 aromatic heterocycles. The van der Waals surface area contributed by atoms with Crippen LogP contribution in [0.5, 0.6) is 0 Å². The number of hydrogen-bond donors (Lipinski definition) is 2. The summed E-state index contributed by atoms with van der Waals surface area (Å²) in [6.45, 7) is 6.16. The van der Waals surface area contributed by atoms with Crippen LogP contribution in [0, 0.1) is 0 Å². The van der Waals surface area contributed by atoms with Gasteiger partial charge in [-0.15, -0.1) is 11.3 Å². The maximum atomic E-state index is 11.9. The van der Waals surface area contributed by atoms with Crippen molar-refractivity contribution >= 4 is 22.4 Å². The molecule has 1 amide bonds. The molecule has 0 bridgehead atoms. The molecule has 100 valence electrons. The number of aromatic nitrogens is 3. The van der Waals surface area contributed by atoms with Crippen LogP contribution < -0.4 is 10.9 Å². The van der Waals surface area contributed by atoms with Gasteiger partial charge < -0.3 is 0 Å². The van der Waals surface area contributed by atoms with Crippen molar-refractivity contribution in [1.82, 2.24) is 15.2 Å². The number of H-pyrrole nitrogens is 1. The largest absolute Gasteiger partial charge is 0.296 e. The monoisotopic (exact) mass is 278 g/mol. The molecule has 0 aromatic carbocycles. The summed E-state index contributed by atoms with van der Waals surface area (Å²) in [4.78, 5) is 27.1. The van der Waals surface area contributed by atoms with E-state index in [1.807, 2.05) is 5.38 Å². The van der Waals surface area contributed by atoms with Gasteiger partial charge in [-0.25, -0.2) is 10.1 Å². The molecule has 2 aromatic rings. The number of nitrogens with zero attached hydrogens (tertiary/aromatic N) is 2. The maximum absolute atomic E-state index is 11.9. The number of hydrogen-bond acceptors (Lipinski definition) is 5. The highest BCUT2D eigenvalue weighted by molar-refractivity contribution is 7.14. The fourth-order valence-corrected chi connectivity index (χ4v) is 2.24. The summed E-state index contributed by atoms with van der Waals surface area (Å²) in [5.41, 5.74) is 0.658. The van der Waals surface area contributed by atoms with Crippen molar-refractivity contribution in [3.63, 3.8) is 0 Å². The normalized spacial score (nSPS) is 11.3. The first-order chi connectivity index (χ1) is 8.86. The van der Waals surface area contributed by atoms with Crippen LogP contribution in [-0.2, 0) is 5.41 Å². The summed E-state index contributed by atoms with van der Waals surface area (Å²) in [7, 11) is 0. The summed E-state index contributed by atoms with van der Waals surface area (Å²) in [6, 6.07) is 2.62. The highest BCUT2D eigenvalue weighted by Gasteiger charge is 2.18. The lowest BCUT2D eigenvalue weighted by molar-refractivity contribution is 0.102. The summed E-state index contributed by atoms with van der Waals surface area (Å²) >= 11 is 1.36. The number of anilines is 1. The van der Waals surface area contributed by atoms with Crippen molar-refractivity contribution in [2.45, 2.75) is 26.2 Å². The van der Waals surface area contributed by atoms with E-state index < -0.39 is 5.91 Å². The Labute approximate surface area is 113 Å². The fraction of sp³-hybridized carbons (Fsp3) is 0.333. The molecule has 0 unspecified atom stereocenters. The van der Waals surface area contributed by atoms with Crippen LogP contribution in [0.15, 0.2) is 22.3 Å². The van der Waals surface area contributed by atoms with Gasteiger partial charge in [0.2, 0.25) is 0 Å². The Balaban J connectivity index is 2.13. The summed E-state index contributed by atoms with van der Waals surface area (Å²) < 4.78 is 0. The van der Waals surface area contributed by atoms with Gasteiger partial charge in [-0.05, 0) is 6.07 Å². The molecule has 2 N–H and O–H groups in total. The quantitative estimate of drug-likeness (QED) is 0.876. The molecule has 0 aliphatic rings. The first kappa shape index (κ1) is 13.4. The molecule has 0 atom stereocenters. The van der Waals surface area contributed by atoms with Crippen LogP contribution in [-0.4, -0.2) is 21.1 Å². The van der Waals surface area contributed by atoms with Crippen molar-refractivity contribution in [2.24, 2.45) is 0 Å². The molecule has 0 radical (unpaired) electrons. The van der Waals surface area contributed by atoms with Crippen LogP contribution in [0.4, 0.5) is 5.13 Å². The first-order valence-corrected chi connectivity index (χ1v) is 6.57. The average molecular weight is 278 g/mol. The smallest absolute Gasteiger partial charge is 0.277 e.